The van der Waals surface area contributed by atoms with Crippen LogP contribution in [0.25, 0.3) is 33.4 Å². The monoisotopic (exact) mass is 947 g/mol. The third kappa shape index (κ3) is 17.3. The van der Waals surface area contributed by atoms with Crippen molar-refractivity contribution in [1.82, 2.24) is 9.30 Å². The molecule has 0 atom stereocenters. The van der Waals surface area contributed by atoms with Gasteiger partial charge in [0.1, 0.15) is 41.2 Å². The number of nitrogens with one attached hydrogen (secondary N) is 1. The summed E-state index contributed by atoms with van der Waals surface area (Å²) in [4.78, 5) is 1.11. The highest BCUT2D eigenvalue weighted by Gasteiger charge is 2.25. The number of anilines is 1. The fourth-order valence-corrected chi connectivity index (χ4v) is 8.64. The fourth-order valence-electron chi connectivity index (χ4n) is 6.81. The van der Waals surface area contributed by atoms with E-state index in [4.69, 9.17) is 48.7 Å². The molecule has 0 spiro atoms. The molecule has 0 aromatic heterocycles. The zero-order valence-corrected chi connectivity index (χ0v) is 39.7. The summed E-state index contributed by atoms with van der Waals surface area (Å²) >= 11 is 0. The topological polar surface area (TPSA) is 197 Å². The minimum absolute atomic E-state index is 0.0220. The van der Waals surface area contributed by atoms with Gasteiger partial charge in [0.2, 0.25) is 15.4 Å². The summed E-state index contributed by atoms with van der Waals surface area (Å²) in [6.07, 6.45) is 5.10. The third-order valence-corrected chi connectivity index (χ3v) is 12.4. The average Bonchev–Trinajstić information content (AvgIpc) is 3.29. The van der Waals surface area contributed by atoms with Crippen LogP contribution in [0, 0.1) is 12.3 Å². The summed E-state index contributed by atoms with van der Waals surface area (Å²) in [6, 6.07) is 14.9. The van der Waals surface area contributed by atoms with Crippen LogP contribution < -0.4 is 19.6 Å². The van der Waals surface area contributed by atoms with Gasteiger partial charge < -0.3 is 51.8 Å². The van der Waals surface area contributed by atoms with Gasteiger partial charge in [0, 0.05) is 59.5 Å². The highest BCUT2D eigenvalue weighted by molar-refractivity contribution is 7.89. The first kappa shape index (κ1) is 53.6. The van der Waals surface area contributed by atoms with E-state index in [0.29, 0.717) is 107 Å². The molecule has 17 nitrogen and oxygen atoms in total. The van der Waals surface area contributed by atoms with Crippen molar-refractivity contribution in [2.75, 3.05) is 143 Å². The largest absolute Gasteiger partial charge is 0.744 e. The first-order valence-corrected chi connectivity index (χ1v) is 24.9. The lowest BCUT2D eigenvalue weighted by molar-refractivity contribution is -0.0223. The molecule has 0 fully saturated rings. The van der Waals surface area contributed by atoms with Crippen LogP contribution in [-0.4, -0.2) is 160 Å². The summed E-state index contributed by atoms with van der Waals surface area (Å²) in [5, 5.41) is 1.48. The molecular formula is C46H65N3O14S2. The Labute approximate surface area is 384 Å². The van der Waals surface area contributed by atoms with E-state index < -0.39 is 25.0 Å². The molecule has 65 heavy (non-hydrogen) atoms. The molecule has 4 rings (SSSR count). The highest BCUT2D eigenvalue weighted by atomic mass is 32.2. The second kappa shape index (κ2) is 28.9. The Bertz CT molecular complexity index is 2340. The Morgan fingerprint density at radius 2 is 1.15 bits per heavy atom. The normalized spacial score (nSPS) is 12.0. The molecule has 0 radical (unpaired) electrons. The van der Waals surface area contributed by atoms with Crippen LogP contribution in [0.4, 0.5) is 5.69 Å². The lowest BCUT2D eigenvalue weighted by Gasteiger charge is -2.23. The van der Waals surface area contributed by atoms with E-state index in [1.165, 1.54) is 12.1 Å². The van der Waals surface area contributed by atoms with Crippen molar-refractivity contribution >= 4 is 36.8 Å². The minimum atomic E-state index is -5.18. The number of benzene rings is 3. The van der Waals surface area contributed by atoms with Gasteiger partial charge in [-0.15, -0.1) is 6.42 Å². The molecule has 2 aromatic carbocycles. The molecule has 0 saturated heterocycles. The van der Waals surface area contributed by atoms with Gasteiger partial charge in [-0.25, -0.2) is 26.1 Å². The van der Waals surface area contributed by atoms with E-state index in [1.54, 1.807) is 0 Å². The number of nitrogens with zero attached hydrogens (tertiary/aromatic N) is 2. The highest BCUT2D eigenvalue weighted by Crippen LogP contribution is 2.43. The smallest absolute Gasteiger partial charge is 0.240 e. The van der Waals surface area contributed by atoms with E-state index >= 15 is 0 Å². The maximum atomic E-state index is 13.4. The first-order valence-electron chi connectivity index (χ1n) is 22.0. The summed E-state index contributed by atoms with van der Waals surface area (Å²) in [7, 11) is -9.42. The Kier molecular flexibility index (Phi) is 23.8. The third-order valence-electron chi connectivity index (χ3n) is 10.1. The van der Waals surface area contributed by atoms with Crippen molar-refractivity contribution in [3.8, 4) is 34.8 Å². The first-order chi connectivity index (χ1) is 31.5. The second-order valence-electron chi connectivity index (χ2n) is 14.2. The summed E-state index contributed by atoms with van der Waals surface area (Å²) in [5.74, 6) is 2.87. The van der Waals surface area contributed by atoms with Gasteiger partial charge in [-0.1, -0.05) is 12.0 Å². The lowest BCUT2D eigenvalue weighted by Crippen LogP contribution is -2.29. The van der Waals surface area contributed by atoms with Gasteiger partial charge in [-0.05, 0) is 58.0 Å². The Morgan fingerprint density at radius 1 is 0.646 bits per heavy atom. The predicted molar refractivity (Wildman–Crippen MR) is 247 cm³/mol. The summed E-state index contributed by atoms with van der Waals surface area (Å²) < 4.78 is 120. The van der Waals surface area contributed by atoms with Crippen LogP contribution in [0.5, 0.6) is 0 Å². The zero-order chi connectivity index (χ0) is 46.9. The van der Waals surface area contributed by atoms with Crippen LogP contribution in [0.2, 0.25) is 0 Å². The number of hydrogen-bond acceptors (Lipinski definition) is 15. The van der Waals surface area contributed by atoms with Gasteiger partial charge >= 0.3 is 0 Å². The van der Waals surface area contributed by atoms with Gasteiger partial charge in [0.15, 0.2) is 0 Å². The van der Waals surface area contributed by atoms with Gasteiger partial charge in [-0.2, -0.15) is 0 Å². The Hall–Kier alpha value is -4.01. The van der Waals surface area contributed by atoms with Crippen molar-refractivity contribution in [3.05, 3.63) is 60.0 Å². The standard InChI is InChI=1S/C46H65N3O14S2/c1-6-18-55-20-22-57-24-26-59-28-30-61-32-33-62-31-29-60-27-25-58-23-21-56-19-17-47-64(50,51)39-13-16-42(45(36-39)65(52,53)54)46-40-14-11-37(48(7-2)8-3)34-43(40)63-44-35-38(12-15-41(44)46)49(9-4)10-5/h1,11-16,34-36,47H,7-10,17-33H2,2-5H3. The van der Waals surface area contributed by atoms with Crippen molar-refractivity contribution in [1.29, 1.82) is 0 Å². The molecule has 19 heteroatoms. The molecule has 1 heterocycles. The molecule has 2 aromatic rings. The van der Waals surface area contributed by atoms with E-state index in [2.05, 4.69) is 20.1 Å². The quantitative estimate of drug-likeness (QED) is 0.0233. The predicted octanol–water partition coefficient (Wildman–Crippen LogP) is 3.81. The van der Waals surface area contributed by atoms with Crippen LogP contribution in [0.3, 0.4) is 0 Å². The molecular weight excluding hydrogens is 883 g/mol. The van der Waals surface area contributed by atoms with Gasteiger partial charge in [0.05, 0.1) is 115 Å². The molecule has 0 amide bonds. The molecule has 0 bridgehead atoms. The number of ether oxygens (including phenoxy) is 8. The van der Waals surface area contributed by atoms with Crippen LogP contribution >= 0.6 is 0 Å². The molecule has 1 N–H and O–H groups in total. The lowest BCUT2D eigenvalue weighted by atomic mass is 9.93. The van der Waals surface area contributed by atoms with Gasteiger partial charge in [0.25, 0.3) is 0 Å². The van der Waals surface area contributed by atoms with Crippen molar-refractivity contribution in [2.45, 2.75) is 37.5 Å². The number of fused-ring (bicyclic) bond motifs is 2. The van der Waals surface area contributed by atoms with Crippen LogP contribution in [0.1, 0.15) is 27.7 Å². The number of hydrogen-bond donors (Lipinski definition) is 1. The maximum Gasteiger partial charge on any atom is 0.240 e. The SMILES string of the molecule is C#CCOCCOCCOCCOCCOCCOCCOCCOCCNS(=O)(=O)c1ccc(-c2c3ccc(=[N+](CC)CC)cc-3oc3cc(N(CC)CC)ccc23)c(S(=O)(=O)[O-])c1. The maximum absolute atomic E-state index is 13.4. The molecule has 0 unspecified atom stereocenters. The Morgan fingerprint density at radius 3 is 1.65 bits per heavy atom. The van der Waals surface area contributed by atoms with Gasteiger partial charge in [-0.3, -0.25) is 0 Å². The molecule has 1 aliphatic carbocycles. The Balaban J connectivity index is 1.22. The van der Waals surface area contributed by atoms with Crippen molar-refractivity contribution in [3.63, 3.8) is 0 Å². The molecule has 0 saturated carbocycles. The molecule has 2 aliphatic rings. The minimum Gasteiger partial charge on any atom is -0.744 e. The fraction of sp³-hybridized carbons (Fsp3) is 0.543. The van der Waals surface area contributed by atoms with E-state index in [0.717, 1.165) is 43.3 Å². The summed E-state index contributed by atoms with van der Waals surface area (Å²) in [6.45, 7) is 17.0. The number of rotatable bonds is 34. The molecule has 1 aliphatic heterocycles. The van der Waals surface area contributed by atoms with Crippen LogP contribution in [-0.2, 0) is 58.0 Å². The van der Waals surface area contributed by atoms with Crippen LogP contribution in [0.15, 0.2) is 68.8 Å². The molecule has 360 valence electrons. The van der Waals surface area contributed by atoms with E-state index in [1.807, 2.05) is 64.1 Å². The van der Waals surface area contributed by atoms with Crippen molar-refractivity contribution in [2.24, 2.45) is 0 Å². The summed E-state index contributed by atoms with van der Waals surface area (Å²) in [5.41, 5.74) is 2.47. The number of sulfonamides is 1. The zero-order valence-electron chi connectivity index (χ0n) is 38.0. The average molecular weight is 948 g/mol. The van der Waals surface area contributed by atoms with E-state index in [-0.39, 0.29) is 43.4 Å². The van der Waals surface area contributed by atoms with E-state index in [9.17, 15) is 21.4 Å². The number of terminal acetylenes is 1. The van der Waals surface area contributed by atoms with Crippen molar-refractivity contribution < 1.29 is 63.7 Å². The second-order valence-corrected chi connectivity index (χ2v) is 17.4.